The van der Waals surface area contributed by atoms with Crippen molar-refractivity contribution in [1.82, 2.24) is 0 Å². The highest BCUT2D eigenvalue weighted by Gasteiger charge is 2.21. The summed E-state index contributed by atoms with van der Waals surface area (Å²) in [5, 5.41) is 16.7. The lowest BCUT2D eigenvalue weighted by Crippen LogP contribution is -2.39. The van der Waals surface area contributed by atoms with E-state index in [1.165, 1.54) is 0 Å². The van der Waals surface area contributed by atoms with Gasteiger partial charge in [0, 0.05) is 12.8 Å². The van der Waals surface area contributed by atoms with Crippen molar-refractivity contribution < 1.29 is 24.6 Å². The van der Waals surface area contributed by atoms with Crippen LogP contribution in [0.2, 0.25) is 0 Å². The van der Waals surface area contributed by atoms with Crippen LogP contribution >= 0.6 is 0 Å². The van der Waals surface area contributed by atoms with Crippen molar-refractivity contribution in [2.75, 3.05) is 0 Å². The highest BCUT2D eigenvalue weighted by atomic mass is 16.4. The fraction of sp³-hybridized carbons (Fsp3) is 0.625. The van der Waals surface area contributed by atoms with Gasteiger partial charge in [0.1, 0.15) is 6.04 Å². The third-order valence-electron chi connectivity index (χ3n) is 1.82. The predicted molar refractivity (Wildman–Crippen MR) is 50.1 cm³/mol. The van der Waals surface area contributed by atoms with Crippen LogP contribution in [0.4, 0.5) is 0 Å². The van der Waals surface area contributed by atoms with Gasteiger partial charge in [-0.1, -0.05) is 0 Å². The first-order valence-electron chi connectivity index (χ1n) is 4.33. The van der Waals surface area contributed by atoms with Crippen LogP contribution in [-0.4, -0.2) is 40.0 Å². The summed E-state index contributed by atoms with van der Waals surface area (Å²) in [7, 11) is 0. The minimum Gasteiger partial charge on any atom is -0.481 e. The Morgan fingerprint density at radius 2 is 1.60 bits per heavy atom. The fourth-order valence-electron chi connectivity index (χ4n) is 0.895. The lowest BCUT2D eigenvalue weighted by molar-refractivity contribution is -0.141. The summed E-state index contributed by atoms with van der Waals surface area (Å²) in [6, 6.07) is -2.25. The number of carboxylic acid groups (broad SMARTS) is 2. The Bertz CT molecular complexity index is 266. The van der Waals surface area contributed by atoms with E-state index in [0.717, 1.165) is 0 Å². The lowest BCUT2D eigenvalue weighted by atomic mass is 10.0. The summed E-state index contributed by atoms with van der Waals surface area (Å²) < 4.78 is 0. The molecule has 0 saturated carbocycles. The van der Waals surface area contributed by atoms with Crippen molar-refractivity contribution in [2.24, 2.45) is 11.5 Å². The number of aliphatic carboxylic acids is 2. The first-order valence-corrected chi connectivity index (χ1v) is 4.33. The summed E-state index contributed by atoms with van der Waals surface area (Å²) in [5.74, 6) is -2.87. The van der Waals surface area contributed by atoms with Crippen molar-refractivity contribution in [2.45, 2.75) is 31.3 Å². The quantitative estimate of drug-likeness (QED) is 0.409. The van der Waals surface area contributed by atoms with E-state index >= 15 is 0 Å². The third kappa shape index (κ3) is 5.76. The van der Waals surface area contributed by atoms with Crippen molar-refractivity contribution in [3.05, 3.63) is 0 Å². The zero-order chi connectivity index (χ0) is 12.0. The number of Topliss-reactive ketones (excluding diaryl/α,β-unsaturated/α-hetero) is 1. The summed E-state index contributed by atoms with van der Waals surface area (Å²) in [6.45, 7) is 0. The Hall–Kier alpha value is -1.47. The van der Waals surface area contributed by atoms with Crippen LogP contribution in [-0.2, 0) is 14.4 Å². The number of nitrogens with two attached hydrogens (primary N) is 2. The molecular weight excluding hydrogens is 204 g/mol. The second-order valence-corrected chi connectivity index (χ2v) is 3.15. The molecule has 0 bridgehead atoms. The minimum absolute atomic E-state index is 0.0134. The molecular formula is C8H14N2O5. The average Bonchev–Trinajstić information content (AvgIpc) is 2.13. The van der Waals surface area contributed by atoms with Crippen LogP contribution in [0.15, 0.2) is 0 Å². The number of carbonyl (C=O) groups excluding carboxylic acids is 1. The molecule has 15 heavy (non-hydrogen) atoms. The van der Waals surface area contributed by atoms with E-state index in [0.29, 0.717) is 0 Å². The van der Waals surface area contributed by atoms with Crippen LogP contribution in [0.1, 0.15) is 19.3 Å². The molecule has 6 N–H and O–H groups in total. The maximum atomic E-state index is 11.2. The van der Waals surface area contributed by atoms with Crippen molar-refractivity contribution in [1.29, 1.82) is 0 Å². The van der Waals surface area contributed by atoms with Gasteiger partial charge in [0.2, 0.25) is 0 Å². The minimum atomic E-state index is -1.28. The number of hydrogen-bond acceptors (Lipinski definition) is 5. The van der Waals surface area contributed by atoms with Gasteiger partial charge in [0.15, 0.2) is 5.78 Å². The van der Waals surface area contributed by atoms with Crippen LogP contribution in [0, 0.1) is 0 Å². The first-order chi connectivity index (χ1) is 6.84. The molecule has 86 valence electrons. The number of rotatable bonds is 7. The molecule has 2 atom stereocenters. The zero-order valence-electron chi connectivity index (χ0n) is 8.05. The SMILES string of the molecule is NC(CCC(=O)O)C(=O)C[C@H](N)C(=O)O. The molecule has 0 aliphatic heterocycles. The number of ketones is 1. The number of carbonyl (C=O) groups is 3. The topological polar surface area (TPSA) is 144 Å². The standard InChI is InChI=1S/C8H14N2O5/c9-4(1-2-7(12)13)6(11)3-5(10)8(14)15/h4-5H,1-3,9-10H2,(H,12,13)(H,14,15)/t4?,5-/m0/s1. The fourth-order valence-corrected chi connectivity index (χ4v) is 0.895. The Morgan fingerprint density at radius 3 is 2.00 bits per heavy atom. The zero-order valence-corrected chi connectivity index (χ0v) is 8.05. The van der Waals surface area contributed by atoms with Gasteiger partial charge in [0.25, 0.3) is 0 Å². The molecule has 0 aromatic heterocycles. The van der Waals surface area contributed by atoms with Crippen LogP contribution in [0.25, 0.3) is 0 Å². The van der Waals surface area contributed by atoms with Gasteiger partial charge in [0.05, 0.1) is 6.04 Å². The first kappa shape index (κ1) is 13.5. The van der Waals surface area contributed by atoms with Crippen LogP contribution in [0.5, 0.6) is 0 Å². The van der Waals surface area contributed by atoms with E-state index in [4.69, 9.17) is 21.7 Å². The molecule has 7 nitrogen and oxygen atoms in total. The highest BCUT2D eigenvalue weighted by Crippen LogP contribution is 2.01. The molecule has 0 aliphatic rings. The molecule has 0 aromatic carbocycles. The van der Waals surface area contributed by atoms with Gasteiger partial charge >= 0.3 is 11.9 Å². The number of hydrogen-bond donors (Lipinski definition) is 4. The molecule has 0 radical (unpaired) electrons. The second kappa shape index (κ2) is 6.10. The van der Waals surface area contributed by atoms with Gasteiger partial charge < -0.3 is 21.7 Å². The smallest absolute Gasteiger partial charge is 0.320 e. The van der Waals surface area contributed by atoms with E-state index in [1.807, 2.05) is 0 Å². The maximum absolute atomic E-state index is 11.2. The normalized spacial score (nSPS) is 14.3. The molecule has 0 rings (SSSR count). The summed E-state index contributed by atoms with van der Waals surface area (Å²) in [5.41, 5.74) is 10.5. The largest absolute Gasteiger partial charge is 0.481 e. The molecule has 0 amide bonds. The van der Waals surface area contributed by atoms with Gasteiger partial charge in [-0.2, -0.15) is 0 Å². The maximum Gasteiger partial charge on any atom is 0.320 e. The van der Waals surface area contributed by atoms with E-state index in [9.17, 15) is 14.4 Å². The van der Waals surface area contributed by atoms with Crippen molar-refractivity contribution in [3.63, 3.8) is 0 Å². The van der Waals surface area contributed by atoms with Gasteiger partial charge in [-0.15, -0.1) is 0 Å². The van der Waals surface area contributed by atoms with Crippen LogP contribution < -0.4 is 11.5 Å². The van der Waals surface area contributed by atoms with Gasteiger partial charge in [-0.3, -0.25) is 14.4 Å². The van der Waals surface area contributed by atoms with Gasteiger partial charge in [-0.25, -0.2) is 0 Å². The Labute approximate surface area is 86.0 Å². The summed E-state index contributed by atoms with van der Waals surface area (Å²) >= 11 is 0. The molecule has 0 aliphatic carbocycles. The molecule has 0 fully saturated rings. The lowest BCUT2D eigenvalue weighted by Gasteiger charge is -2.10. The molecule has 0 saturated heterocycles. The van der Waals surface area contributed by atoms with Crippen LogP contribution in [0.3, 0.4) is 0 Å². The Kier molecular flexibility index (Phi) is 5.50. The second-order valence-electron chi connectivity index (χ2n) is 3.15. The molecule has 0 spiro atoms. The van der Waals surface area contributed by atoms with Crippen molar-refractivity contribution >= 4 is 17.7 Å². The highest BCUT2D eigenvalue weighted by molar-refractivity contribution is 5.89. The van der Waals surface area contributed by atoms with E-state index < -0.39 is 29.8 Å². The Morgan fingerprint density at radius 1 is 1.07 bits per heavy atom. The summed E-state index contributed by atoms with van der Waals surface area (Å²) in [6.07, 6.45) is -0.619. The molecule has 7 heteroatoms. The molecule has 0 aromatic rings. The average molecular weight is 218 g/mol. The molecule has 0 heterocycles. The van der Waals surface area contributed by atoms with Gasteiger partial charge in [-0.05, 0) is 6.42 Å². The molecule has 1 unspecified atom stereocenters. The number of carboxylic acids is 2. The van der Waals surface area contributed by atoms with E-state index in [1.54, 1.807) is 0 Å². The third-order valence-corrected chi connectivity index (χ3v) is 1.82. The van der Waals surface area contributed by atoms with Crippen molar-refractivity contribution in [3.8, 4) is 0 Å². The van der Waals surface area contributed by atoms with E-state index in [-0.39, 0.29) is 19.3 Å². The predicted octanol–water partition coefficient (Wildman–Crippen LogP) is -1.45. The monoisotopic (exact) mass is 218 g/mol. The summed E-state index contributed by atoms with van der Waals surface area (Å²) in [4.78, 5) is 31.7. The Balaban J connectivity index is 3.99. The van der Waals surface area contributed by atoms with E-state index in [2.05, 4.69) is 0 Å².